The van der Waals surface area contributed by atoms with Crippen LogP contribution >= 0.6 is 0 Å². The van der Waals surface area contributed by atoms with E-state index in [0.29, 0.717) is 13.1 Å². The molecule has 0 bridgehead atoms. The summed E-state index contributed by atoms with van der Waals surface area (Å²) in [5.41, 5.74) is -1.81. The zero-order valence-corrected chi connectivity index (χ0v) is 14.9. The highest BCUT2D eigenvalue weighted by molar-refractivity contribution is 5.82. The number of benzene rings is 1. The Labute approximate surface area is 151 Å². The molecule has 1 atom stereocenters. The summed E-state index contributed by atoms with van der Waals surface area (Å²) in [6.07, 6.45) is -0.983. The molecule has 144 valence electrons. The van der Waals surface area contributed by atoms with Crippen LogP contribution in [0.3, 0.4) is 0 Å². The highest BCUT2D eigenvalue weighted by Crippen LogP contribution is 2.37. The van der Waals surface area contributed by atoms with Gasteiger partial charge in [0.2, 0.25) is 5.91 Å². The first-order valence-electron chi connectivity index (χ1n) is 9.10. The Hall–Kier alpha value is -1.60. The fourth-order valence-electron chi connectivity index (χ4n) is 3.97. The lowest BCUT2D eigenvalue weighted by Crippen LogP contribution is -2.53. The van der Waals surface area contributed by atoms with Crippen LogP contribution in [0.15, 0.2) is 24.3 Å². The smallest absolute Gasteiger partial charge is 0.385 e. The van der Waals surface area contributed by atoms with Gasteiger partial charge in [0.1, 0.15) is 0 Å². The first-order chi connectivity index (χ1) is 12.2. The fourth-order valence-corrected chi connectivity index (χ4v) is 3.97. The van der Waals surface area contributed by atoms with Crippen molar-refractivity contribution >= 4 is 5.91 Å². The number of halogens is 3. The van der Waals surface area contributed by atoms with E-state index in [1.807, 2.05) is 7.05 Å². The normalized spacial score (nSPS) is 24.5. The van der Waals surface area contributed by atoms with E-state index in [0.717, 1.165) is 37.9 Å². The van der Waals surface area contributed by atoms with Gasteiger partial charge in [0, 0.05) is 13.1 Å². The Kier molecular flexibility index (Phi) is 5.30. The number of amides is 1. The van der Waals surface area contributed by atoms with Gasteiger partial charge in [-0.15, -0.1) is 0 Å². The molecule has 4 nitrogen and oxygen atoms in total. The van der Waals surface area contributed by atoms with Gasteiger partial charge in [0.25, 0.3) is 0 Å². The molecule has 0 unspecified atom stereocenters. The van der Waals surface area contributed by atoms with E-state index in [-0.39, 0.29) is 30.4 Å². The maximum absolute atomic E-state index is 12.9. The molecule has 7 heteroatoms. The highest BCUT2D eigenvalue weighted by Gasteiger charge is 2.39. The second-order valence-corrected chi connectivity index (χ2v) is 7.43. The number of hydrogen-bond acceptors (Lipinski definition) is 3. The van der Waals surface area contributed by atoms with Crippen LogP contribution in [-0.4, -0.2) is 53.5 Å². The third-order valence-corrected chi connectivity index (χ3v) is 5.69. The lowest BCUT2D eigenvalue weighted by Gasteiger charge is -2.41. The van der Waals surface area contributed by atoms with Crippen molar-refractivity contribution in [2.75, 3.05) is 26.7 Å². The molecule has 26 heavy (non-hydrogen) atoms. The quantitative estimate of drug-likeness (QED) is 0.870. The van der Waals surface area contributed by atoms with Crippen molar-refractivity contribution in [2.45, 2.75) is 49.9 Å². The van der Waals surface area contributed by atoms with E-state index < -0.39 is 17.3 Å². The predicted molar refractivity (Wildman–Crippen MR) is 91.4 cm³/mol. The lowest BCUT2D eigenvalue weighted by molar-refractivity contribution is -0.142. The van der Waals surface area contributed by atoms with Crippen LogP contribution in [0.25, 0.3) is 0 Å². The molecule has 0 spiro atoms. The maximum Gasteiger partial charge on any atom is 0.416 e. The van der Waals surface area contributed by atoms with E-state index in [9.17, 15) is 23.1 Å². The molecule has 2 aliphatic heterocycles. The number of piperidine rings is 2. The third-order valence-electron chi connectivity index (χ3n) is 5.69. The van der Waals surface area contributed by atoms with E-state index in [1.165, 1.54) is 12.1 Å². The zero-order valence-electron chi connectivity index (χ0n) is 14.9. The van der Waals surface area contributed by atoms with Gasteiger partial charge in [-0.3, -0.25) is 9.69 Å². The van der Waals surface area contributed by atoms with Gasteiger partial charge in [-0.2, -0.15) is 13.2 Å². The molecule has 2 fully saturated rings. The Balaban J connectivity index is 1.68. The van der Waals surface area contributed by atoms with Crippen LogP contribution in [0.4, 0.5) is 13.2 Å². The number of likely N-dealkylation sites (tertiary alicyclic amines) is 2. The Bertz CT molecular complexity index is 654. The predicted octanol–water partition coefficient (Wildman–Crippen LogP) is 3.00. The Morgan fingerprint density at radius 2 is 1.88 bits per heavy atom. The van der Waals surface area contributed by atoms with Crippen molar-refractivity contribution in [2.24, 2.45) is 0 Å². The second kappa shape index (κ2) is 7.19. The SMILES string of the molecule is CN1CCCC[C@@H]1C(=O)N1CCC(O)(c2cccc(C(F)(F)F)c2)CC1. The van der Waals surface area contributed by atoms with E-state index in [4.69, 9.17) is 0 Å². The molecule has 2 aliphatic rings. The van der Waals surface area contributed by atoms with Crippen molar-refractivity contribution < 1.29 is 23.1 Å². The monoisotopic (exact) mass is 370 g/mol. The highest BCUT2D eigenvalue weighted by atomic mass is 19.4. The second-order valence-electron chi connectivity index (χ2n) is 7.43. The Morgan fingerprint density at radius 3 is 2.50 bits per heavy atom. The third kappa shape index (κ3) is 3.88. The molecule has 0 aliphatic carbocycles. The molecular weight excluding hydrogens is 345 g/mol. The summed E-state index contributed by atoms with van der Waals surface area (Å²) >= 11 is 0. The van der Waals surface area contributed by atoms with Crippen molar-refractivity contribution in [1.29, 1.82) is 0 Å². The average molecular weight is 370 g/mol. The molecule has 0 aromatic heterocycles. The van der Waals surface area contributed by atoms with Gasteiger partial charge in [-0.05, 0) is 57.0 Å². The van der Waals surface area contributed by atoms with Crippen LogP contribution in [0.5, 0.6) is 0 Å². The topological polar surface area (TPSA) is 43.8 Å². The summed E-state index contributed by atoms with van der Waals surface area (Å²) in [7, 11) is 1.95. The summed E-state index contributed by atoms with van der Waals surface area (Å²) in [4.78, 5) is 16.6. The summed E-state index contributed by atoms with van der Waals surface area (Å²) in [5.74, 6) is 0.0679. The van der Waals surface area contributed by atoms with Crippen LogP contribution < -0.4 is 0 Å². The van der Waals surface area contributed by atoms with Crippen molar-refractivity contribution in [3.63, 3.8) is 0 Å². The zero-order chi connectivity index (χ0) is 18.9. The molecule has 1 aromatic carbocycles. The number of carbonyl (C=O) groups is 1. The lowest BCUT2D eigenvalue weighted by atomic mass is 9.83. The largest absolute Gasteiger partial charge is 0.416 e. The summed E-state index contributed by atoms with van der Waals surface area (Å²) < 4.78 is 38.8. The number of rotatable bonds is 2. The number of hydrogen-bond donors (Lipinski definition) is 1. The van der Waals surface area contributed by atoms with Crippen LogP contribution in [-0.2, 0) is 16.6 Å². The summed E-state index contributed by atoms with van der Waals surface area (Å²) in [6, 6.07) is 4.76. The summed E-state index contributed by atoms with van der Waals surface area (Å²) in [5, 5.41) is 10.9. The molecular formula is C19H25F3N2O2. The average Bonchev–Trinajstić information content (AvgIpc) is 2.62. The fraction of sp³-hybridized carbons (Fsp3) is 0.632. The molecule has 2 saturated heterocycles. The molecule has 2 heterocycles. The number of carbonyl (C=O) groups excluding carboxylic acids is 1. The van der Waals surface area contributed by atoms with Gasteiger partial charge >= 0.3 is 6.18 Å². The standard InChI is InChI=1S/C19H25F3N2O2/c1-23-10-3-2-7-16(23)17(25)24-11-8-18(26,9-12-24)14-5-4-6-15(13-14)19(20,21)22/h4-6,13,16,26H,2-3,7-12H2,1H3/t16-/m1/s1. The minimum Gasteiger partial charge on any atom is -0.385 e. The van der Waals surface area contributed by atoms with Gasteiger partial charge in [-0.25, -0.2) is 0 Å². The Morgan fingerprint density at radius 1 is 1.19 bits per heavy atom. The van der Waals surface area contributed by atoms with Crippen LogP contribution in [0.2, 0.25) is 0 Å². The molecule has 1 N–H and O–H groups in total. The minimum atomic E-state index is -4.44. The molecule has 0 saturated carbocycles. The van der Waals surface area contributed by atoms with Gasteiger partial charge < -0.3 is 10.0 Å². The molecule has 1 amide bonds. The number of alkyl halides is 3. The van der Waals surface area contributed by atoms with Crippen LogP contribution in [0.1, 0.15) is 43.2 Å². The maximum atomic E-state index is 12.9. The molecule has 0 radical (unpaired) electrons. The van der Waals surface area contributed by atoms with Gasteiger partial charge in [-0.1, -0.05) is 18.6 Å². The van der Waals surface area contributed by atoms with Crippen molar-refractivity contribution in [1.82, 2.24) is 9.80 Å². The number of likely N-dealkylation sites (N-methyl/N-ethyl adjacent to an activating group) is 1. The molecule has 1 aromatic rings. The molecule has 3 rings (SSSR count). The minimum absolute atomic E-state index is 0.0679. The summed E-state index contributed by atoms with van der Waals surface area (Å²) in [6.45, 7) is 1.62. The van der Waals surface area contributed by atoms with E-state index in [2.05, 4.69) is 4.90 Å². The number of nitrogens with zero attached hydrogens (tertiary/aromatic N) is 2. The first-order valence-corrected chi connectivity index (χ1v) is 9.10. The van der Waals surface area contributed by atoms with Gasteiger partial charge in [0.15, 0.2) is 0 Å². The van der Waals surface area contributed by atoms with Crippen LogP contribution in [0, 0.1) is 0 Å². The van der Waals surface area contributed by atoms with Gasteiger partial charge in [0.05, 0.1) is 17.2 Å². The van der Waals surface area contributed by atoms with E-state index in [1.54, 1.807) is 4.90 Å². The van der Waals surface area contributed by atoms with E-state index >= 15 is 0 Å². The van der Waals surface area contributed by atoms with Crippen molar-refractivity contribution in [3.05, 3.63) is 35.4 Å². The van der Waals surface area contributed by atoms with Crippen molar-refractivity contribution in [3.8, 4) is 0 Å². The first kappa shape index (κ1) is 19.2. The number of aliphatic hydroxyl groups is 1.